The quantitative estimate of drug-likeness (QED) is 0.342. The highest BCUT2D eigenvalue weighted by molar-refractivity contribution is 7.92. The molecule has 190 valence electrons. The van der Waals surface area contributed by atoms with E-state index >= 15 is 0 Å². The van der Waals surface area contributed by atoms with Crippen molar-refractivity contribution in [2.24, 2.45) is 5.92 Å². The number of sulfonamides is 1. The predicted molar refractivity (Wildman–Crippen MR) is 140 cm³/mol. The van der Waals surface area contributed by atoms with Gasteiger partial charge in [0.05, 0.1) is 29.7 Å². The molecule has 1 heterocycles. The molecular formula is C26H25Cl2FN2O4S. The summed E-state index contributed by atoms with van der Waals surface area (Å²) in [4.78, 5) is 14.1. The van der Waals surface area contributed by atoms with Crippen molar-refractivity contribution in [3.63, 3.8) is 0 Å². The first-order valence-corrected chi connectivity index (χ1v) is 13.8. The second-order valence-electron chi connectivity index (χ2n) is 8.62. The Balaban J connectivity index is 1.45. The van der Waals surface area contributed by atoms with E-state index in [-0.39, 0.29) is 35.6 Å². The summed E-state index contributed by atoms with van der Waals surface area (Å²) in [5, 5.41) is 1.26. The van der Waals surface area contributed by atoms with Gasteiger partial charge in [0.1, 0.15) is 5.82 Å². The van der Waals surface area contributed by atoms with Gasteiger partial charge in [0.15, 0.2) is 0 Å². The highest BCUT2D eigenvalue weighted by Gasteiger charge is 2.36. The Morgan fingerprint density at radius 1 is 1.03 bits per heavy atom. The van der Waals surface area contributed by atoms with Gasteiger partial charge in [-0.3, -0.25) is 9.62 Å². The Labute approximate surface area is 220 Å². The average Bonchev–Trinajstić information content (AvgIpc) is 2.81. The first-order valence-electron chi connectivity index (χ1n) is 11.4. The van der Waals surface area contributed by atoms with E-state index in [9.17, 15) is 17.6 Å². The average molecular weight is 551 g/mol. The number of benzene rings is 3. The van der Waals surface area contributed by atoms with Crippen molar-refractivity contribution in [3.05, 3.63) is 99.3 Å². The van der Waals surface area contributed by atoms with Crippen LogP contribution in [0.1, 0.15) is 34.5 Å². The van der Waals surface area contributed by atoms with Crippen LogP contribution in [-0.4, -0.2) is 44.7 Å². The Morgan fingerprint density at radius 3 is 2.11 bits per heavy atom. The molecule has 1 aliphatic rings. The molecule has 0 bridgehead atoms. The maximum absolute atomic E-state index is 14.3. The summed E-state index contributed by atoms with van der Waals surface area (Å²) < 4.78 is 47.1. The lowest BCUT2D eigenvalue weighted by Gasteiger charge is -2.44. The molecule has 3 aromatic rings. The van der Waals surface area contributed by atoms with Gasteiger partial charge < -0.3 is 4.74 Å². The van der Waals surface area contributed by atoms with Crippen molar-refractivity contribution in [3.8, 4) is 0 Å². The molecule has 3 aromatic carbocycles. The fraction of sp³-hybridized carbons (Fsp3) is 0.269. The number of nitrogens with zero attached hydrogens (tertiary/aromatic N) is 1. The Morgan fingerprint density at radius 2 is 1.58 bits per heavy atom. The Bertz CT molecular complexity index is 1280. The fourth-order valence-corrected chi connectivity index (χ4v) is 5.95. The van der Waals surface area contributed by atoms with Crippen LogP contribution in [0.3, 0.4) is 0 Å². The molecule has 1 N–H and O–H groups in total. The van der Waals surface area contributed by atoms with Gasteiger partial charge in [0.2, 0.25) is 10.0 Å². The summed E-state index contributed by atoms with van der Waals surface area (Å²) in [6.45, 7) is 2.87. The van der Waals surface area contributed by atoms with Gasteiger partial charge in [-0.1, -0.05) is 47.5 Å². The summed E-state index contributed by atoms with van der Waals surface area (Å²) in [5.74, 6) is -1.75. The van der Waals surface area contributed by atoms with E-state index < -0.39 is 21.8 Å². The van der Waals surface area contributed by atoms with Crippen molar-refractivity contribution in [1.29, 1.82) is 0 Å². The first-order chi connectivity index (χ1) is 17.1. The number of carbonyl (C=O) groups is 1. The second-order valence-corrected chi connectivity index (χ2v) is 11.3. The van der Waals surface area contributed by atoms with E-state index in [0.29, 0.717) is 23.1 Å². The van der Waals surface area contributed by atoms with Crippen LogP contribution in [0.4, 0.5) is 10.1 Å². The van der Waals surface area contributed by atoms with E-state index in [0.717, 1.165) is 23.3 Å². The molecule has 0 aliphatic carbocycles. The third kappa shape index (κ3) is 6.37. The maximum atomic E-state index is 14.3. The SMILES string of the molecule is CCOC(=O)c1ccc(F)c(NS(=O)(=O)CC2CN(C(c3ccc(Cl)cc3)c3ccc(Cl)cc3)C2)c1. The molecular weight excluding hydrogens is 526 g/mol. The molecule has 0 saturated carbocycles. The van der Waals surface area contributed by atoms with Crippen LogP contribution < -0.4 is 4.72 Å². The molecule has 6 nitrogen and oxygen atoms in total. The van der Waals surface area contributed by atoms with Gasteiger partial charge >= 0.3 is 5.97 Å². The Hall–Kier alpha value is -2.65. The predicted octanol–water partition coefficient (Wildman–Crippen LogP) is 5.77. The third-order valence-electron chi connectivity index (χ3n) is 5.92. The zero-order valence-corrected chi connectivity index (χ0v) is 21.8. The van der Waals surface area contributed by atoms with Crippen LogP contribution >= 0.6 is 23.2 Å². The van der Waals surface area contributed by atoms with Gasteiger partial charge in [0.25, 0.3) is 0 Å². The molecule has 0 unspecified atom stereocenters. The van der Waals surface area contributed by atoms with Crippen molar-refractivity contribution in [2.45, 2.75) is 13.0 Å². The number of nitrogens with one attached hydrogen (secondary N) is 1. The molecule has 0 atom stereocenters. The molecule has 0 amide bonds. The number of anilines is 1. The van der Waals surface area contributed by atoms with Crippen LogP contribution in [0.5, 0.6) is 0 Å². The molecule has 0 aromatic heterocycles. The standard InChI is InChI=1S/C26H25Cl2FN2O4S/c1-2-35-26(32)20-7-12-23(29)24(13-20)30-36(33,34)16-17-14-31(15-17)25(18-3-8-21(27)9-4-18)19-5-10-22(28)11-6-19/h3-13,17,25,30H,2,14-16H2,1H3. The summed E-state index contributed by atoms with van der Waals surface area (Å²) in [6.07, 6.45) is 0. The van der Waals surface area contributed by atoms with E-state index in [4.69, 9.17) is 27.9 Å². The van der Waals surface area contributed by atoms with E-state index in [1.54, 1.807) is 6.92 Å². The van der Waals surface area contributed by atoms with Crippen LogP contribution in [-0.2, 0) is 14.8 Å². The number of rotatable bonds is 9. The number of hydrogen-bond donors (Lipinski definition) is 1. The van der Waals surface area contributed by atoms with E-state index in [1.165, 1.54) is 6.07 Å². The minimum Gasteiger partial charge on any atom is -0.462 e. The number of carbonyl (C=O) groups excluding carboxylic acids is 1. The lowest BCUT2D eigenvalue weighted by Crippen LogP contribution is -2.51. The van der Waals surface area contributed by atoms with Gasteiger partial charge in [-0.05, 0) is 60.5 Å². The molecule has 1 fully saturated rings. The van der Waals surface area contributed by atoms with Gasteiger partial charge in [-0.15, -0.1) is 0 Å². The second kappa shape index (κ2) is 11.2. The number of hydrogen-bond acceptors (Lipinski definition) is 5. The van der Waals surface area contributed by atoms with E-state index in [1.807, 2.05) is 48.5 Å². The zero-order valence-electron chi connectivity index (χ0n) is 19.5. The topological polar surface area (TPSA) is 75.7 Å². The molecule has 10 heteroatoms. The summed E-state index contributed by atoms with van der Waals surface area (Å²) in [5.41, 5.74) is 1.84. The number of likely N-dealkylation sites (tertiary alicyclic amines) is 1. The minimum atomic E-state index is -3.87. The van der Waals surface area contributed by atoms with E-state index in [2.05, 4.69) is 9.62 Å². The third-order valence-corrected chi connectivity index (χ3v) is 7.87. The van der Waals surface area contributed by atoms with Crippen molar-refractivity contribution >= 4 is 44.9 Å². The summed E-state index contributed by atoms with van der Waals surface area (Å²) in [7, 11) is -3.87. The lowest BCUT2D eigenvalue weighted by molar-refractivity contribution is 0.0526. The smallest absolute Gasteiger partial charge is 0.338 e. The molecule has 1 saturated heterocycles. The normalized spacial score (nSPS) is 14.5. The molecule has 4 rings (SSSR count). The zero-order chi connectivity index (χ0) is 25.9. The first kappa shape index (κ1) is 26.4. The summed E-state index contributed by atoms with van der Waals surface area (Å²) >= 11 is 12.1. The summed E-state index contributed by atoms with van der Waals surface area (Å²) in [6, 6.07) is 18.4. The van der Waals surface area contributed by atoms with Gasteiger partial charge in [-0.2, -0.15) is 0 Å². The van der Waals surface area contributed by atoms with Crippen LogP contribution in [0, 0.1) is 11.7 Å². The maximum Gasteiger partial charge on any atom is 0.338 e. The number of halogens is 3. The number of ether oxygens (including phenoxy) is 1. The van der Waals surface area contributed by atoms with Gasteiger partial charge in [-0.25, -0.2) is 17.6 Å². The van der Waals surface area contributed by atoms with Crippen LogP contribution in [0.15, 0.2) is 66.7 Å². The van der Waals surface area contributed by atoms with Crippen LogP contribution in [0.2, 0.25) is 10.0 Å². The van der Waals surface area contributed by atoms with Crippen molar-refractivity contribution < 1.29 is 22.3 Å². The molecule has 1 aliphatic heterocycles. The lowest BCUT2D eigenvalue weighted by atomic mass is 9.91. The molecule has 0 radical (unpaired) electrons. The fourth-order valence-electron chi connectivity index (χ4n) is 4.29. The number of esters is 1. The monoisotopic (exact) mass is 550 g/mol. The van der Waals surface area contributed by atoms with Crippen molar-refractivity contribution in [2.75, 3.05) is 30.2 Å². The van der Waals surface area contributed by atoms with Crippen molar-refractivity contribution in [1.82, 2.24) is 4.90 Å². The Kier molecular flexibility index (Phi) is 8.20. The molecule has 0 spiro atoms. The highest BCUT2D eigenvalue weighted by Crippen LogP contribution is 2.36. The van der Waals surface area contributed by atoms with Crippen LogP contribution in [0.25, 0.3) is 0 Å². The van der Waals surface area contributed by atoms with Gasteiger partial charge in [0, 0.05) is 29.1 Å². The minimum absolute atomic E-state index is 0.0690. The highest BCUT2D eigenvalue weighted by atomic mass is 35.5. The molecule has 36 heavy (non-hydrogen) atoms. The largest absolute Gasteiger partial charge is 0.462 e.